The third-order valence-corrected chi connectivity index (χ3v) is 5.17. The van der Waals surface area contributed by atoms with Crippen molar-refractivity contribution in [1.29, 1.82) is 0 Å². The summed E-state index contributed by atoms with van der Waals surface area (Å²) in [6.45, 7) is 4.22. The molecule has 0 aliphatic carbocycles. The third kappa shape index (κ3) is 4.40. The first kappa shape index (κ1) is 20.0. The van der Waals surface area contributed by atoms with E-state index in [1.165, 1.54) is 24.3 Å². The average molecular weight is 407 g/mol. The number of benzene rings is 2. The fourth-order valence-electron chi connectivity index (χ4n) is 3.18. The van der Waals surface area contributed by atoms with E-state index in [2.05, 4.69) is 5.32 Å². The normalized spacial score (nSPS) is 15.9. The molecule has 0 spiro atoms. The van der Waals surface area contributed by atoms with Crippen LogP contribution in [0.15, 0.2) is 42.5 Å². The lowest BCUT2D eigenvalue weighted by Gasteiger charge is -2.38. The first-order chi connectivity index (χ1) is 13.4. The number of nitrogens with one attached hydrogen (secondary N) is 1. The molecular formula is C19H20ClFN4O3. The Kier molecular flexibility index (Phi) is 6.11. The van der Waals surface area contributed by atoms with Gasteiger partial charge in [-0.05, 0) is 25.1 Å². The van der Waals surface area contributed by atoms with Crippen LogP contribution in [0, 0.1) is 15.9 Å². The number of nitrogens with zero attached hydrogens (tertiary/aromatic N) is 3. The maximum Gasteiger partial charge on any atom is 0.271 e. The molecule has 148 valence electrons. The maximum absolute atomic E-state index is 13.9. The van der Waals surface area contributed by atoms with E-state index < -0.39 is 11.0 Å². The highest BCUT2D eigenvalue weighted by molar-refractivity contribution is 6.34. The van der Waals surface area contributed by atoms with Crippen LogP contribution in [0.1, 0.15) is 6.92 Å². The monoisotopic (exact) mass is 406 g/mol. The number of para-hydroxylation sites is 1. The number of hydrogen-bond donors (Lipinski definition) is 1. The topological polar surface area (TPSA) is 78.7 Å². The standard InChI is InChI=1S/C19H20ClFN4O3/c1-13(19(26)22-17-7-6-14(25(27)28)12-15(17)20)23-8-10-24(11-9-23)18-5-3-2-4-16(18)21/h2-7,12-13H,8-11H2,1H3,(H,22,26). The summed E-state index contributed by atoms with van der Waals surface area (Å²) in [6.07, 6.45) is 0. The Balaban J connectivity index is 1.59. The Morgan fingerprint density at radius 2 is 1.89 bits per heavy atom. The lowest BCUT2D eigenvalue weighted by molar-refractivity contribution is -0.384. The minimum atomic E-state index is -0.546. The van der Waals surface area contributed by atoms with E-state index in [0.717, 1.165) is 0 Å². The van der Waals surface area contributed by atoms with Crippen molar-refractivity contribution < 1.29 is 14.1 Å². The number of hydrogen-bond acceptors (Lipinski definition) is 5. The molecule has 1 saturated heterocycles. The van der Waals surface area contributed by atoms with Crippen LogP contribution < -0.4 is 10.2 Å². The van der Waals surface area contributed by atoms with Gasteiger partial charge in [0.25, 0.3) is 5.69 Å². The van der Waals surface area contributed by atoms with Crippen LogP contribution in [-0.4, -0.2) is 48.0 Å². The minimum absolute atomic E-state index is 0.110. The van der Waals surface area contributed by atoms with E-state index in [9.17, 15) is 19.3 Å². The van der Waals surface area contributed by atoms with Gasteiger partial charge in [-0.2, -0.15) is 0 Å². The quantitative estimate of drug-likeness (QED) is 0.607. The Morgan fingerprint density at radius 3 is 2.50 bits per heavy atom. The van der Waals surface area contributed by atoms with Crippen LogP contribution in [0.2, 0.25) is 5.02 Å². The predicted octanol–water partition coefficient (Wildman–Crippen LogP) is 3.54. The van der Waals surface area contributed by atoms with Crippen molar-refractivity contribution in [2.75, 3.05) is 36.4 Å². The van der Waals surface area contributed by atoms with Crippen LogP contribution in [0.4, 0.5) is 21.5 Å². The smallest absolute Gasteiger partial charge is 0.271 e. The Morgan fingerprint density at radius 1 is 1.21 bits per heavy atom. The predicted molar refractivity (Wildman–Crippen MR) is 106 cm³/mol. The molecule has 1 unspecified atom stereocenters. The maximum atomic E-state index is 13.9. The molecule has 7 nitrogen and oxygen atoms in total. The molecule has 28 heavy (non-hydrogen) atoms. The summed E-state index contributed by atoms with van der Waals surface area (Å²) in [4.78, 5) is 26.8. The molecular weight excluding hydrogens is 387 g/mol. The van der Waals surface area contributed by atoms with E-state index in [-0.39, 0.29) is 22.4 Å². The number of nitro groups is 1. The average Bonchev–Trinajstić information content (AvgIpc) is 2.69. The summed E-state index contributed by atoms with van der Waals surface area (Å²) in [5.41, 5.74) is 0.756. The largest absolute Gasteiger partial charge is 0.367 e. The van der Waals surface area contributed by atoms with Crippen molar-refractivity contribution in [3.05, 3.63) is 63.4 Å². The van der Waals surface area contributed by atoms with Crippen LogP contribution in [0.3, 0.4) is 0 Å². The van der Waals surface area contributed by atoms with Crippen LogP contribution in [-0.2, 0) is 4.79 Å². The molecule has 1 aliphatic rings. The second-order valence-electron chi connectivity index (χ2n) is 6.56. The summed E-state index contributed by atoms with van der Waals surface area (Å²) >= 11 is 6.03. The zero-order valence-electron chi connectivity index (χ0n) is 15.3. The molecule has 1 aliphatic heterocycles. The molecule has 1 atom stereocenters. The highest BCUT2D eigenvalue weighted by Gasteiger charge is 2.27. The van der Waals surface area contributed by atoms with Gasteiger partial charge in [-0.25, -0.2) is 4.39 Å². The second-order valence-corrected chi connectivity index (χ2v) is 6.97. The van der Waals surface area contributed by atoms with Crippen LogP contribution in [0.25, 0.3) is 0 Å². The van der Waals surface area contributed by atoms with Crippen molar-refractivity contribution in [2.45, 2.75) is 13.0 Å². The summed E-state index contributed by atoms with van der Waals surface area (Å²) in [6, 6.07) is 10.1. The number of carbonyl (C=O) groups is 1. The number of carbonyl (C=O) groups excluding carboxylic acids is 1. The molecule has 0 radical (unpaired) electrons. The van der Waals surface area contributed by atoms with E-state index in [1.807, 2.05) is 9.80 Å². The van der Waals surface area contributed by atoms with E-state index in [4.69, 9.17) is 11.6 Å². The van der Waals surface area contributed by atoms with Gasteiger partial charge in [0, 0.05) is 38.3 Å². The van der Waals surface area contributed by atoms with Gasteiger partial charge in [-0.1, -0.05) is 23.7 Å². The summed E-state index contributed by atoms with van der Waals surface area (Å²) < 4.78 is 13.9. The van der Waals surface area contributed by atoms with Crippen molar-refractivity contribution in [3.8, 4) is 0 Å². The number of nitro benzene ring substituents is 1. The lowest BCUT2D eigenvalue weighted by atomic mass is 10.2. The highest BCUT2D eigenvalue weighted by Crippen LogP contribution is 2.27. The summed E-state index contributed by atoms with van der Waals surface area (Å²) in [5, 5.41) is 13.6. The molecule has 2 aromatic rings. The molecule has 0 bridgehead atoms. The Hall–Kier alpha value is -2.71. The van der Waals surface area contributed by atoms with Crippen LogP contribution >= 0.6 is 11.6 Å². The first-order valence-corrected chi connectivity index (χ1v) is 9.23. The number of amides is 1. The van der Waals surface area contributed by atoms with Gasteiger partial charge < -0.3 is 10.2 Å². The molecule has 2 aromatic carbocycles. The van der Waals surface area contributed by atoms with Gasteiger partial charge >= 0.3 is 0 Å². The van der Waals surface area contributed by atoms with Gasteiger partial charge in [-0.3, -0.25) is 19.8 Å². The Labute approximate surface area is 166 Å². The molecule has 1 N–H and O–H groups in total. The van der Waals surface area contributed by atoms with E-state index in [0.29, 0.717) is 37.6 Å². The van der Waals surface area contributed by atoms with Crippen molar-refractivity contribution >= 4 is 34.6 Å². The van der Waals surface area contributed by atoms with Crippen molar-refractivity contribution in [1.82, 2.24) is 4.90 Å². The summed E-state index contributed by atoms with van der Waals surface area (Å²) in [7, 11) is 0. The molecule has 0 saturated carbocycles. The number of piperazine rings is 1. The zero-order chi connectivity index (χ0) is 20.3. The van der Waals surface area contributed by atoms with Crippen LogP contribution in [0.5, 0.6) is 0 Å². The molecule has 3 rings (SSSR count). The van der Waals surface area contributed by atoms with E-state index in [1.54, 1.807) is 25.1 Å². The molecule has 0 aromatic heterocycles. The van der Waals surface area contributed by atoms with Crippen molar-refractivity contribution in [2.24, 2.45) is 0 Å². The van der Waals surface area contributed by atoms with E-state index >= 15 is 0 Å². The molecule has 1 heterocycles. The molecule has 9 heteroatoms. The minimum Gasteiger partial charge on any atom is -0.367 e. The number of halogens is 2. The summed E-state index contributed by atoms with van der Waals surface area (Å²) in [5.74, 6) is -0.510. The second kappa shape index (κ2) is 8.53. The third-order valence-electron chi connectivity index (χ3n) is 4.86. The number of non-ortho nitro benzene ring substituents is 1. The molecule has 1 fully saturated rings. The number of anilines is 2. The number of rotatable bonds is 5. The SMILES string of the molecule is CC(C(=O)Nc1ccc([N+](=O)[O-])cc1Cl)N1CCN(c2ccccc2F)CC1. The van der Waals surface area contributed by atoms with Gasteiger partial charge in [-0.15, -0.1) is 0 Å². The highest BCUT2D eigenvalue weighted by atomic mass is 35.5. The zero-order valence-corrected chi connectivity index (χ0v) is 16.0. The first-order valence-electron chi connectivity index (χ1n) is 8.85. The fraction of sp³-hybridized carbons (Fsp3) is 0.316. The molecule has 1 amide bonds. The van der Waals surface area contributed by atoms with Gasteiger partial charge in [0.1, 0.15) is 5.82 Å². The van der Waals surface area contributed by atoms with Gasteiger partial charge in [0.05, 0.1) is 27.4 Å². The Bertz CT molecular complexity index is 887. The fourth-order valence-corrected chi connectivity index (χ4v) is 3.40. The lowest BCUT2D eigenvalue weighted by Crippen LogP contribution is -2.53. The van der Waals surface area contributed by atoms with Crippen molar-refractivity contribution in [3.63, 3.8) is 0 Å². The van der Waals surface area contributed by atoms with Gasteiger partial charge in [0.2, 0.25) is 5.91 Å². The van der Waals surface area contributed by atoms with Gasteiger partial charge in [0.15, 0.2) is 0 Å².